The fourth-order valence-corrected chi connectivity index (χ4v) is 2.86. The molecule has 2 aliphatic rings. The van der Waals surface area contributed by atoms with Crippen molar-refractivity contribution in [2.75, 3.05) is 26.2 Å². The van der Waals surface area contributed by atoms with Gasteiger partial charge in [0.2, 0.25) is 5.91 Å². The number of terminal acetylenes is 1. The molecule has 4 heteroatoms. The highest BCUT2D eigenvalue weighted by Gasteiger charge is 2.31. The van der Waals surface area contributed by atoms with E-state index in [1.165, 1.54) is 19.4 Å². The van der Waals surface area contributed by atoms with Gasteiger partial charge in [0.05, 0.1) is 6.04 Å². The van der Waals surface area contributed by atoms with E-state index in [9.17, 15) is 4.79 Å². The van der Waals surface area contributed by atoms with Crippen LogP contribution in [0.15, 0.2) is 0 Å². The number of nitrogens with two attached hydrogens (primary N) is 1. The van der Waals surface area contributed by atoms with Crippen LogP contribution in [0, 0.1) is 12.3 Å². The van der Waals surface area contributed by atoms with E-state index < -0.39 is 6.04 Å². The van der Waals surface area contributed by atoms with Gasteiger partial charge in [0, 0.05) is 32.1 Å². The molecule has 1 amide bonds. The lowest BCUT2D eigenvalue weighted by atomic mass is 10.1. The van der Waals surface area contributed by atoms with Crippen LogP contribution in [0.2, 0.25) is 0 Å². The fraction of sp³-hybridized carbons (Fsp3) is 0.769. The molecule has 0 radical (unpaired) electrons. The van der Waals surface area contributed by atoms with Gasteiger partial charge in [-0.3, -0.25) is 9.69 Å². The van der Waals surface area contributed by atoms with Crippen molar-refractivity contribution in [3.63, 3.8) is 0 Å². The average molecular weight is 235 g/mol. The van der Waals surface area contributed by atoms with Crippen LogP contribution < -0.4 is 5.73 Å². The zero-order valence-corrected chi connectivity index (χ0v) is 10.3. The van der Waals surface area contributed by atoms with E-state index in [0.717, 1.165) is 26.1 Å². The van der Waals surface area contributed by atoms with Crippen LogP contribution in [-0.4, -0.2) is 54.0 Å². The molecule has 0 aromatic rings. The Morgan fingerprint density at radius 2 is 2.18 bits per heavy atom. The molecule has 2 unspecified atom stereocenters. The molecule has 0 spiro atoms. The predicted molar refractivity (Wildman–Crippen MR) is 67.2 cm³/mol. The van der Waals surface area contributed by atoms with Crippen molar-refractivity contribution in [3.05, 3.63) is 0 Å². The van der Waals surface area contributed by atoms with Crippen LogP contribution in [-0.2, 0) is 4.79 Å². The molecule has 0 aliphatic carbocycles. The van der Waals surface area contributed by atoms with E-state index in [-0.39, 0.29) is 5.91 Å². The molecule has 0 aromatic heterocycles. The Labute approximate surface area is 103 Å². The second-order valence-electron chi connectivity index (χ2n) is 4.98. The van der Waals surface area contributed by atoms with Crippen molar-refractivity contribution in [2.24, 2.45) is 5.73 Å². The maximum absolute atomic E-state index is 12.1. The van der Waals surface area contributed by atoms with Crippen molar-refractivity contribution >= 4 is 5.91 Å². The molecule has 2 fully saturated rings. The molecule has 0 aromatic carbocycles. The first kappa shape index (κ1) is 12.4. The Balaban J connectivity index is 1.96. The number of rotatable bonds is 2. The maximum Gasteiger partial charge on any atom is 0.240 e. The second-order valence-corrected chi connectivity index (χ2v) is 4.98. The fourth-order valence-electron chi connectivity index (χ4n) is 2.86. The summed E-state index contributed by atoms with van der Waals surface area (Å²) in [5.74, 6) is 2.49. The molecule has 2 heterocycles. The summed E-state index contributed by atoms with van der Waals surface area (Å²) < 4.78 is 0. The monoisotopic (exact) mass is 235 g/mol. The summed E-state index contributed by atoms with van der Waals surface area (Å²) >= 11 is 0. The first-order valence-corrected chi connectivity index (χ1v) is 6.44. The Kier molecular flexibility index (Phi) is 4.03. The third kappa shape index (κ3) is 2.80. The number of carbonyl (C=O) groups is 1. The van der Waals surface area contributed by atoms with E-state index in [0.29, 0.717) is 12.5 Å². The lowest BCUT2D eigenvalue weighted by Crippen LogP contribution is -2.47. The quantitative estimate of drug-likeness (QED) is 0.687. The van der Waals surface area contributed by atoms with Gasteiger partial charge in [0.1, 0.15) is 0 Å². The Morgan fingerprint density at radius 3 is 2.94 bits per heavy atom. The van der Waals surface area contributed by atoms with E-state index >= 15 is 0 Å². The minimum atomic E-state index is -0.520. The predicted octanol–water partition coefficient (Wildman–Crippen LogP) is 0.0337. The van der Waals surface area contributed by atoms with Gasteiger partial charge in [0.25, 0.3) is 0 Å². The van der Waals surface area contributed by atoms with Crippen molar-refractivity contribution < 1.29 is 4.79 Å². The van der Waals surface area contributed by atoms with Crippen molar-refractivity contribution in [3.8, 4) is 12.3 Å². The average Bonchev–Trinajstić information content (AvgIpc) is 2.66. The zero-order valence-electron chi connectivity index (χ0n) is 10.3. The van der Waals surface area contributed by atoms with E-state index in [4.69, 9.17) is 12.2 Å². The van der Waals surface area contributed by atoms with Crippen LogP contribution in [0.1, 0.15) is 25.7 Å². The highest BCUT2D eigenvalue weighted by atomic mass is 16.2. The minimum absolute atomic E-state index is 0.0247. The highest BCUT2D eigenvalue weighted by Crippen LogP contribution is 2.21. The van der Waals surface area contributed by atoms with E-state index in [1.807, 2.05) is 4.90 Å². The van der Waals surface area contributed by atoms with E-state index in [2.05, 4.69) is 10.8 Å². The number of hydrogen-bond acceptors (Lipinski definition) is 3. The minimum Gasteiger partial charge on any atom is -0.340 e. The van der Waals surface area contributed by atoms with Gasteiger partial charge < -0.3 is 10.6 Å². The first-order chi connectivity index (χ1) is 8.22. The molecule has 4 nitrogen and oxygen atoms in total. The lowest BCUT2D eigenvalue weighted by molar-refractivity contribution is -0.132. The number of nitrogens with zero attached hydrogens (tertiary/aromatic N) is 2. The molecule has 2 atom stereocenters. The summed E-state index contributed by atoms with van der Waals surface area (Å²) in [5, 5.41) is 0. The highest BCUT2D eigenvalue weighted by molar-refractivity contribution is 5.82. The summed E-state index contributed by atoms with van der Waals surface area (Å²) in [4.78, 5) is 16.5. The van der Waals surface area contributed by atoms with Gasteiger partial charge in [-0.2, -0.15) is 0 Å². The first-order valence-electron chi connectivity index (χ1n) is 6.44. The Morgan fingerprint density at radius 1 is 1.41 bits per heavy atom. The van der Waals surface area contributed by atoms with Gasteiger partial charge in [-0.25, -0.2) is 0 Å². The third-order valence-electron chi connectivity index (χ3n) is 3.77. The van der Waals surface area contributed by atoms with Crippen LogP contribution in [0.5, 0.6) is 0 Å². The van der Waals surface area contributed by atoms with Crippen molar-refractivity contribution in [2.45, 2.75) is 37.8 Å². The maximum atomic E-state index is 12.1. The van der Waals surface area contributed by atoms with Gasteiger partial charge >= 0.3 is 0 Å². The molecule has 2 N–H and O–H groups in total. The molecule has 2 saturated heterocycles. The number of fused-ring (bicyclic) bond motifs is 1. The van der Waals surface area contributed by atoms with Crippen LogP contribution in [0.25, 0.3) is 0 Å². The molecule has 0 saturated carbocycles. The van der Waals surface area contributed by atoms with Crippen LogP contribution in [0.4, 0.5) is 0 Å². The van der Waals surface area contributed by atoms with Gasteiger partial charge in [0.15, 0.2) is 0 Å². The largest absolute Gasteiger partial charge is 0.340 e. The summed E-state index contributed by atoms with van der Waals surface area (Å²) in [6.07, 6.45) is 9.04. The topological polar surface area (TPSA) is 49.6 Å². The Hall–Kier alpha value is -1.05. The third-order valence-corrected chi connectivity index (χ3v) is 3.77. The Bertz CT molecular complexity index is 323. The van der Waals surface area contributed by atoms with Gasteiger partial charge in [-0.1, -0.05) is 0 Å². The molecule has 17 heavy (non-hydrogen) atoms. The standard InChI is InChI=1S/C13H21N3O/c1-2-5-12(14)13(17)16-9-4-8-15-7-3-6-11(15)10-16/h1,11-12H,3-10,14H2. The van der Waals surface area contributed by atoms with Gasteiger partial charge in [-0.05, 0) is 25.8 Å². The number of carbonyl (C=O) groups excluding carboxylic acids is 1. The summed E-state index contributed by atoms with van der Waals surface area (Å²) in [5.41, 5.74) is 5.80. The van der Waals surface area contributed by atoms with E-state index in [1.54, 1.807) is 0 Å². The molecule has 2 rings (SSSR count). The normalized spacial score (nSPS) is 27.1. The van der Waals surface area contributed by atoms with Crippen molar-refractivity contribution in [1.29, 1.82) is 0 Å². The number of hydrogen-bond donors (Lipinski definition) is 1. The molecular weight excluding hydrogens is 214 g/mol. The summed E-state index contributed by atoms with van der Waals surface area (Å²) in [7, 11) is 0. The van der Waals surface area contributed by atoms with Crippen molar-refractivity contribution in [1.82, 2.24) is 9.80 Å². The molecule has 94 valence electrons. The zero-order chi connectivity index (χ0) is 12.3. The summed E-state index contributed by atoms with van der Waals surface area (Å²) in [6.45, 7) is 3.95. The number of amides is 1. The smallest absolute Gasteiger partial charge is 0.240 e. The molecule has 2 aliphatic heterocycles. The second kappa shape index (κ2) is 5.52. The lowest BCUT2D eigenvalue weighted by Gasteiger charge is -2.27. The SMILES string of the molecule is C#CCC(N)C(=O)N1CCCN2CCCC2C1. The van der Waals surface area contributed by atoms with Crippen LogP contribution >= 0.6 is 0 Å². The van der Waals surface area contributed by atoms with Gasteiger partial charge in [-0.15, -0.1) is 12.3 Å². The van der Waals surface area contributed by atoms with Crippen LogP contribution in [0.3, 0.4) is 0 Å². The molecular formula is C13H21N3O. The summed E-state index contributed by atoms with van der Waals surface area (Å²) in [6, 6.07) is 0.0208. The molecule has 0 bridgehead atoms.